The van der Waals surface area contributed by atoms with Gasteiger partial charge in [-0.2, -0.15) is 0 Å². The summed E-state index contributed by atoms with van der Waals surface area (Å²) in [5.74, 6) is -1.14. The van der Waals surface area contributed by atoms with E-state index in [9.17, 15) is 9.18 Å². The molecule has 0 radical (unpaired) electrons. The molecule has 2 N–H and O–H groups in total. The second kappa shape index (κ2) is 6.63. The normalized spacial score (nSPS) is 10.1. The van der Waals surface area contributed by atoms with Crippen molar-refractivity contribution in [2.24, 2.45) is 0 Å². The fourth-order valence-corrected chi connectivity index (χ4v) is 1.53. The molecular weight excluding hydrogens is 263 g/mol. The summed E-state index contributed by atoms with van der Waals surface area (Å²) < 4.78 is 19.1. The number of hydrogen-bond donors (Lipinski definition) is 2. The Morgan fingerprint density at radius 3 is 2.85 bits per heavy atom. The van der Waals surface area contributed by atoms with E-state index in [1.807, 2.05) is 6.07 Å². The zero-order valence-electron chi connectivity index (χ0n) is 10.5. The Labute approximate surface area is 115 Å². The van der Waals surface area contributed by atoms with Gasteiger partial charge in [0, 0.05) is 18.0 Å². The zero-order chi connectivity index (χ0) is 14.4. The van der Waals surface area contributed by atoms with E-state index >= 15 is 0 Å². The van der Waals surface area contributed by atoms with Crippen LogP contribution < -0.4 is 10.1 Å². The molecule has 1 heterocycles. The zero-order valence-corrected chi connectivity index (χ0v) is 10.5. The number of amides is 1. The van der Waals surface area contributed by atoms with Gasteiger partial charge in [0.1, 0.15) is 13.2 Å². The molecule has 104 valence electrons. The summed E-state index contributed by atoms with van der Waals surface area (Å²) >= 11 is 0. The van der Waals surface area contributed by atoms with Crippen molar-refractivity contribution in [1.29, 1.82) is 0 Å². The Morgan fingerprint density at radius 1 is 1.35 bits per heavy atom. The van der Waals surface area contributed by atoms with Gasteiger partial charge in [-0.3, -0.25) is 9.78 Å². The molecule has 0 unspecified atom stereocenters. The van der Waals surface area contributed by atoms with E-state index in [2.05, 4.69) is 10.3 Å². The van der Waals surface area contributed by atoms with Gasteiger partial charge in [0.05, 0.1) is 5.69 Å². The first-order chi connectivity index (χ1) is 9.69. The van der Waals surface area contributed by atoms with Gasteiger partial charge in [0.15, 0.2) is 11.6 Å². The van der Waals surface area contributed by atoms with Crippen LogP contribution in [-0.2, 0) is 11.4 Å². The summed E-state index contributed by atoms with van der Waals surface area (Å²) in [6.07, 6.45) is 1.63. The van der Waals surface area contributed by atoms with Crippen molar-refractivity contribution in [3.63, 3.8) is 0 Å². The van der Waals surface area contributed by atoms with Gasteiger partial charge in [-0.25, -0.2) is 4.39 Å². The number of carbonyl (C=O) groups is 1. The van der Waals surface area contributed by atoms with Crippen molar-refractivity contribution < 1.29 is 19.0 Å². The first-order valence-electron chi connectivity index (χ1n) is 5.92. The van der Waals surface area contributed by atoms with E-state index in [0.29, 0.717) is 5.69 Å². The van der Waals surface area contributed by atoms with Crippen molar-refractivity contribution in [3.8, 4) is 5.75 Å². The molecule has 0 saturated carbocycles. The third-order valence-electron chi connectivity index (χ3n) is 2.46. The first-order valence-corrected chi connectivity index (χ1v) is 5.92. The van der Waals surface area contributed by atoms with Crippen LogP contribution in [0.25, 0.3) is 0 Å². The molecule has 0 bridgehead atoms. The van der Waals surface area contributed by atoms with Crippen LogP contribution in [-0.4, -0.2) is 22.6 Å². The van der Waals surface area contributed by atoms with Crippen molar-refractivity contribution in [2.45, 2.75) is 6.61 Å². The Kier molecular flexibility index (Phi) is 4.62. The summed E-state index contributed by atoms with van der Waals surface area (Å²) in [7, 11) is 0. The van der Waals surface area contributed by atoms with Crippen LogP contribution in [0.15, 0.2) is 42.6 Å². The number of pyridine rings is 1. The molecule has 0 aliphatic heterocycles. The summed E-state index contributed by atoms with van der Waals surface area (Å²) in [5.41, 5.74) is 0.941. The van der Waals surface area contributed by atoms with Gasteiger partial charge in [0.25, 0.3) is 0 Å². The molecule has 1 amide bonds. The van der Waals surface area contributed by atoms with Crippen LogP contribution in [0.4, 0.5) is 10.1 Å². The molecule has 5 nitrogen and oxygen atoms in total. The van der Waals surface area contributed by atoms with E-state index in [-0.39, 0.29) is 18.0 Å². The second-order valence-electron chi connectivity index (χ2n) is 3.96. The number of aliphatic hydroxyl groups excluding tert-OH is 1. The third-order valence-corrected chi connectivity index (χ3v) is 2.46. The predicted octanol–water partition coefficient (Wildman–Crippen LogP) is 1.73. The van der Waals surface area contributed by atoms with E-state index in [1.54, 1.807) is 18.3 Å². The van der Waals surface area contributed by atoms with Crippen LogP contribution in [0, 0.1) is 5.82 Å². The van der Waals surface area contributed by atoms with E-state index < -0.39 is 18.3 Å². The van der Waals surface area contributed by atoms with Crippen molar-refractivity contribution in [2.75, 3.05) is 11.9 Å². The van der Waals surface area contributed by atoms with Crippen molar-refractivity contribution in [1.82, 2.24) is 4.98 Å². The minimum atomic E-state index is -0.653. The molecule has 0 aliphatic carbocycles. The lowest BCUT2D eigenvalue weighted by Crippen LogP contribution is -2.15. The summed E-state index contributed by atoms with van der Waals surface area (Å²) in [6.45, 7) is -0.500. The first kappa shape index (κ1) is 14.0. The van der Waals surface area contributed by atoms with Gasteiger partial charge in [0.2, 0.25) is 5.91 Å². The highest BCUT2D eigenvalue weighted by atomic mass is 19.1. The fourth-order valence-electron chi connectivity index (χ4n) is 1.53. The maximum Gasteiger partial charge on any atom is 0.250 e. The number of nitrogens with one attached hydrogen (secondary N) is 1. The Hall–Kier alpha value is -2.47. The molecule has 0 fully saturated rings. The SMILES string of the molecule is O=C(CO)Nc1ccc(OCc2ccccn2)c(F)c1. The van der Waals surface area contributed by atoms with Crippen molar-refractivity contribution in [3.05, 3.63) is 54.1 Å². The minimum absolute atomic E-state index is 0.0673. The van der Waals surface area contributed by atoms with Crippen LogP contribution >= 0.6 is 0 Å². The van der Waals surface area contributed by atoms with E-state index in [0.717, 1.165) is 6.07 Å². The average molecular weight is 276 g/mol. The molecule has 6 heteroatoms. The molecule has 2 rings (SSSR count). The molecule has 0 saturated heterocycles. The Morgan fingerprint density at radius 2 is 2.20 bits per heavy atom. The number of rotatable bonds is 5. The van der Waals surface area contributed by atoms with Gasteiger partial charge in [-0.1, -0.05) is 6.07 Å². The maximum absolute atomic E-state index is 13.7. The highest BCUT2D eigenvalue weighted by Crippen LogP contribution is 2.21. The minimum Gasteiger partial charge on any atom is -0.484 e. The topological polar surface area (TPSA) is 71.5 Å². The standard InChI is InChI=1S/C14H13FN2O3/c15-12-7-10(17-14(19)8-18)4-5-13(12)20-9-11-3-1-2-6-16-11/h1-7,18H,8-9H2,(H,17,19). The van der Waals surface area contributed by atoms with Gasteiger partial charge < -0.3 is 15.2 Å². The van der Waals surface area contributed by atoms with Crippen LogP contribution in [0.5, 0.6) is 5.75 Å². The molecular formula is C14H13FN2O3. The number of anilines is 1. The maximum atomic E-state index is 13.7. The third kappa shape index (κ3) is 3.76. The molecule has 0 atom stereocenters. The summed E-state index contributed by atoms with van der Waals surface area (Å²) in [4.78, 5) is 15.0. The summed E-state index contributed by atoms with van der Waals surface area (Å²) in [5, 5.41) is 10.9. The Balaban J connectivity index is 2.01. The molecule has 20 heavy (non-hydrogen) atoms. The molecule has 1 aromatic carbocycles. The summed E-state index contributed by atoms with van der Waals surface area (Å²) in [6, 6.07) is 9.39. The number of halogens is 1. The number of nitrogens with zero attached hydrogens (tertiary/aromatic N) is 1. The van der Waals surface area contributed by atoms with Gasteiger partial charge in [-0.15, -0.1) is 0 Å². The number of aromatic nitrogens is 1. The van der Waals surface area contributed by atoms with Gasteiger partial charge >= 0.3 is 0 Å². The lowest BCUT2D eigenvalue weighted by Gasteiger charge is -2.09. The smallest absolute Gasteiger partial charge is 0.250 e. The van der Waals surface area contributed by atoms with Crippen LogP contribution in [0.3, 0.4) is 0 Å². The quantitative estimate of drug-likeness (QED) is 0.872. The number of ether oxygens (including phenoxy) is 1. The number of aliphatic hydroxyl groups is 1. The Bertz CT molecular complexity index is 590. The highest BCUT2D eigenvalue weighted by Gasteiger charge is 2.07. The fraction of sp³-hybridized carbons (Fsp3) is 0.143. The largest absolute Gasteiger partial charge is 0.484 e. The molecule has 1 aromatic heterocycles. The number of hydrogen-bond acceptors (Lipinski definition) is 4. The number of carbonyl (C=O) groups excluding carboxylic acids is 1. The lowest BCUT2D eigenvalue weighted by atomic mass is 10.3. The highest BCUT2D eigenvalue weighted by molar-refractivity contribution is 5.91. The van der Waals surface area contributed by atoms with Crippen LogP contribution in [0.2, 0.25) is 0 Å². The van der Waals surface area contributed by atoms with E-state index in [1.165, 1.54) is 12.1 Å². The average Bonchev–Trinajstić information content (AvgIpc) is 2.47. The van der Waals surface area contributed by atoms with Gasteiger partial charge in [-0.05, 0) is 24.3 Å². The van der Waals surface area contributed by atoms with Crippen LogP contribution in [0.1, 0.15) is 5.69 Å². The van der Waals surface area contributed by atoms with E-state index in [4.69, 9.17) is 9.84 Å². The predicted molar refractivity (Wildman–Crippen MR) is 70.7 cm³/mol. The molecule has 0 aliphatic rings. The number of benzene rings is 1. The lowest BCUT2D eigenvalue weighted by molar-refractivity contribution is -0.118. The monoisotopic (exact) mass is 276 g/mol. The van der Waals surface area contributed by atoms with Crippen molar-refractivity contribution >= 4 is 11.6 Å². The second-order valence-corrected chi connectivity index (χ2v) is 3.96. The molecule has 2 aromatic rings. The molecule has 0 spiro atoms.